The Hall–Kier alpha value is -2.41. The first-order valence-electron chi connectivity index (χ1n) is 7.25. The molecule has 7 heteroatoms. The van der Waals surface area contributed by atoms with Crippen LogP contribution in [0.2, 0.25) is 0 Å². The molecule has 0 radical (unpaired) electrons. The summed E-state index contributed by atoms with van der Waals surface area (Å²) in [5.74, 6) is 0. The summed E-state index contributed by atoms with van der Waals surface area (Å²) < 4.78 is 4.84. The van der Waals surface area contributed by atoms with Crippen molar-refractivity contribution < 1.29 is 9.45 Å². The van der Waals surface area contributed by atoms with Crippen molar-refractivity contribution in [3.8, 4) is 0 Å². The molecule has 1 aliphatic rings. The zero-order chi connectivity index (χ0) is 15.5. The van der Waals surface area contributed by atoms with Crippen LogP contribution in [0.25, 0.3) is 0 Å². The Balaban J connectivity index is 1.67. The summed E-state index contributed by atoms with van der Waals surface area (Å²) in [6.45, 7) is 5.84. The van der Waals surface area contributed by atoms with Gasteiger partial charge in [0.2, 0.25) is 0 Å². The first-order valence-corrected chi connectivity index (χ1v) is 7.25. The van der Waals surface area contributed by atoms with Gasteiger partial charge in [0.25, 0.3) is 5.69 Å². The lowest BCUT2D eigenvalue weighted by molar-refractivity contribution is -0.384. The lowest BCUT2D eigenvalue weighted by atomic mass is 10.1. The van der Waals surface area contributed by atoms with Gasteiger partial charge in [0.05, 0.1) is 10.6 Å². The number of hydrogen-bond donors (Lipinski definition) is 0. The Morgan fingerprint density at radius 3 is 2.68 bits per heavy atom. The van der Waals surface area contributed by atoms with Crippen molar-refractivity contribution in [2.45, 2.75) is 13.5 Å². The zero-order valence-electron chi connectivity index (χ0n) is 12.4. The van der Waals surface area contributed by atoms with Gasteiger partial charge in [-0.2, -0.15) is 0 Å². The highest BCUT2D eigenvalue weighted by Gasteiger charge is 2.24. The third kappa shape index (κ3) is 3.09. The van der Waals surface area contributed by atoms with Crippen LogP contribution in [0.15, 0.2) is 35.1 Å². The van der Waals surface area contributed by atoms with Gasteiger partial charge in [-0.05, 0) is 18.6 Å². The van der Waals surface area contributed by atoms with Crippen molar-refractivity contribution in [3.63, 3.8) is 0 Å². The fourth-order valence-corrected chi connectivity index (χ4v) is 2.74. The fraction of sp³-hybridized carbons (Fsp3) is 0.400. The van der Waals surface area contributed by atoms with Gasteiger partial charge in [-0.1, -0.05) is 11.2 Å². The van der Waals surface area contributed by atoms with Crippen molar-refractivity contribution in [1.29, 1.82) is 0 Å². The monoisotopic (exact) mass is 302 g/mol. The molecule has 0 amide bonds. The summed E-state index contributed by atoms with van der Waals surface area (Å²) in [6.07, 6.45) is 1.57. The van der Waals surface area contributed by atoms with E-state index in [1.165, 1.54) is 0 Å². The normalized spacial score (nSPS) is 16.0. The number of nitrogens with zero attached hydrogens (tertiary/aromatic N) is 4. The largest absolute Gasteiger partial charge is 0.364 e. The van der Waals surface area contributed by atoms with Crippen molar-refractivity contribution in [2.24, 2.45) is 0 Å². The lowest BCUT2D eigenvalue weighted by Gasteiger charge is -2.35. The molecule has 1 aromatic heterocycles. The predicted octanol–water partition coefficient (Wildman–Crippen LogP) is 2.21. The molecule has 2 aromatic rings. The minimum absolute atomic E-state index is 0.185. The number of nitro benzene ring substituents is 1. The smallest absolute Gasteiger partial charge is 0.292 e. The van der Waals surface area contributed by atoms with E-state index in [-0.39, 0.29) is 10.6 Å². The summed E-state index contributed by atoms with van der Waals surface area (Å²) in [5, 5.41) is 15.2. The molecule has 2 heterocycles. The molecule has 1 aliphatic heterocycles. The number of aryl methyl sites for hydroxylation is 1. The summed E-state index contributed by atoms with van der Waals surface area (Å²) in [6, 6.07) is 7.26. The summed E-state index contributed by atoms with van der Waals surface area (Å²) in [4.78, 5) is 15.3. The number of rotatable bonds is 4. The van der Waals surface area contributed by atoms with Crippen molar-refractivity contribution in [3.05, 3.63) is 51.9 Å². The van der Waals surface area contributed by atoms with Crippen LogP contribution < -0.4 is 4.90 Å². The molecule has 0 unspecified atom stereocenters. The van der Waals surface area contributed by atoms with Crippen LogP contribution in [0.1, 0.15) is 11.3 Å². The van der Waals surface area contributed by atoms with Gasteiger partial charge in [0, 0.05) is 44.9 Å². The molecule has 0 saturated carbocycles. The number of hydrogen-bond acceptors (Lipinski definition) is 6. The molecule has 0 spiro atoms. The molecule has 22 heavy (non-hydrogen) atoms. The van der Waals surface area contributed by atoms with Crippen LogP contribution in [-0.4, -0.2) is 41.2 Å². The highest BCUT2D eigenvalue weighted by Crippen LogP contribution is 2.29. The number of anilines is 1. The minimum atomic E-state index is -0.301. The molecular formula is C15H18N4O3. The Labute approximate surface area is 128 Å². The molecule has 1 aromatic carbocycles. The Kier molecular flexibility index (Phi) is 4.06. The SMILES string of the molecule is Cc1ccc(N2CCN(Cc3ccon3)CC2)c([N+](=O)[O-])c1. The third-order valence-corrected chi connectivity index (χ3v) is 3.92. The molecular weight excluding hydrogens is 284 g/mol. The van der Waals surface area contributed by atoms with Crippen LogP contribution in [0.5, 0.6) is 0 Å². The van der Waals surface area contributed by atoms with E-state index in [0.717, 1.165) is 44.0 Å². The van der Waals surface area contributed by atoms with Crippen LogP contribution in [0, 0.1) is 17.0 Å². The van der Waals surface area contributed by atoms with Gasteiger partial charge >= 0.3 is 0 Å². The molecule has 7 nitrogen and oxygen atoms in total. The fourth-order valence-electron chi connectivity index (χ4n) is 2.74. The van der Waals surface area contributed by atoms with E-state index >= 15 is 0 Å². The number of aromatic nitrogens is 1. The summed E-state index contributed by atoms with van der Waals surface area (Å²) >= 11 is 0. The topological polar surface area (TPSA) is 75.7 Å². The second kappa shape index (κ2) is 6.15. The number of piperazine rings is 1. The van der Waals surface area contributed by atoms with E-state index in [9.17, 15) is 10.1 Å². The maximum atomic E-state index is 11.2. The summed E-state index contributed by atoms with van der Waals surface area (Å²) in [5.41, 5.74) is 2.71. The molecule has 0 aliphatic carbocycles. The second-order valence-electron chi connectivity index (χ2n) is 5.50. The quantitative estimate of drug-likeness (QED) is 0.636. The van der Waals surface area contributed by atoms with E-state index < -0.39 is 0 Å². The van der Waals surface area contributed by atoms with Crippen molar-refractivity contribution in [2.75, 3.05) is 31.1 Å². The molecule has 0 N–H and O–H groups in total. The van der Waals surface area contributed by atoms with E-state index in [1.807, 2.05) is 25.1 Å². The van der Waals surface area contributed by atoms with E-state index in [2.05, 4.69) is 15.0 Å². The number of nitro groups is 1. The van der Waals surface area contributed by atoms with Gasteiger partial charge in [-0.25, -0.2) is 0 Å². The first-order chi connectivity index (χ1) is 10.6. The van der Waals surface area contributed by atoms with Crippen molar-refractivity contribution >= 4 is 11.4 Å². The average molecular weight is 302 g/mol. The van der Waals surface area contributed by atoms with Crippen LogP contribution in [0.3, 0.4) is 0 Å². The molecule has 3 rings (SSSR count). The molecule has 0 atom stereocenters. The molecule has 1 saturated heterocycles. The Morgan fingerprint density at radius 2 is 2.05 bits per heavy atom. The Bertz CT molecular complexity index is 649. The van der Waals surface area contributed by atoms with Crippen molar-refractivity contribution in [1.82, 2.24) is 10.1 Å². The minimum Gasteiger partial charge on any atom is -0.364 e. The lowest BCUT2D eigenvalue weighted by Crippen LogP contribution is -2.46. The van der Waals surface area contributed by atoms with Crippen LogP contribution in [0.4, 0.5) is 11.4 Å². The van der Waals surface area contributed by atoms with Crippen LogP contribution >= 0.6 is 0 Å². The van der Waals surface area contributed by atoms with Gasteiger partial charge in [-0.3, -0.25) is 15.0 Å². The average Bonchev–Trinajstić information content (AvgIpc) is 3.01. The maximum absolute atomic E-state index is 11.2. The standard InChI is InChI=1S/C15H18N4O3/c1-12-2-3-14(15(10-12)19(20)21)18-7-5-17(6-8-18)11-13-4-9-22-16-13/h2-4,9-10H,5-8,11H2,1H3. The number of benzene rings is 1. The van der Waals surface area contributed by atoms with E-state index in [4.69, 9.17) is 4.52 Å². The van der Waals surface area contributed by atoms with Gasteiger partial charge in [0.15, 0.2) is 0 Å². The highest BCUT2D eigenvalue weighted by molar-refractivity contribution is 5.64. The third-order valence-electron chi connectivity index (χ3n) is 3.92. The zero-order valence-corrected chi connectivity index (χ0v) is 12.4. The summed E-state index contributed by atoms with van der Waals surface area (Å²) in [7, 11) is 0. The molecule has 0 bridgehead atoms. The highest BCUT2D eigenvalue weighted by atomic mass is 16.6. The van der Waals surface area contributed by atoms with Gasteiger partial charge < -0.3 is 9.42 Å². The Morgan fingerprint density at radius 1 is 1.27 bits per heavy atom. The van der Waals surface area contributed by atoms with E-state index in [1.54, 1.807) is 12.3 Å². The maximum Gasteiger partial charge on any atom is 0.292 e. The predicted molar refractivity (Wildman–Crippen MR) is 81.8 cm³/mol. The molecule has 1 fully saturated rings. The van der Waals surface area contributed by atoms with Crippen LogP contribution in [-0.2, 0) is 6.54 Å². The van der Waals surface area contributed by atoms with E-state index in [0.29, 0.717) is 5.69 Å². The molecule has 116 valence electrons. The van der Waals surface area contributed by atoms with Gasteiger partial charge in [0.1, 0.15) is 12.0 Å². The second-order valence-corrected chi connectivity index (χ2v) is 5.50. The van der Waals surface area contributed by atoms with Gasteiger partial charge in [-0.15, -0.1) is 0 Å². The first kappa shape index (κ1) is 14.5.